The normalized spacial score (nSPS) is 19.4. The van der Waals surface area contributed by atoms with Crippen LogP contribution in [0.5, 0.6) is 5.75 Å². The number of aromatic hydroxyl groups is 1. The highest BCUT2D eigenvalue weighted by Gasteiger charge is 2.34. The van der Waals surface area contributed by atoms with E-state index in [0.29, 0.717) is 11.1 Å². The molecule has 0 aliphatic carbocycles. The lowest BCUT2D eigenvalue weighted by Crippen LogP contribution is -2.18. The Labute approximate surface area is 163 Å². The van der Waals surface area contributed by atoms with Crippen LogP contribution in [0, 0.1) is 0 Å². The highest BCUT2D eigenvalue weighted by atomic mass is 35.5. The first-order chi connectivity index (χ1) is 11.9. The van der Waals surface area contributed by atoms with E-state index in [0.717, 1.165) is 16.3 Å². The number of rotatable bonds is 1. The highest BCUT2D eigenvalue weighted by Crippen LogP contribution is 2.52. The quantitative estimate of drug-likeness (QED) is 0.460. The molecule has 25 heavy (non-hydrogen) atoms. The molecule has 0 bridgehead atoms. The van der Waals surface area contributed by atoms with Crippen LogP contribution in [0.15, 0.2) is 36.4 Å². The summed E-state index contributed by atoms with van der Waals surface area (Å²) in [6.45, 7) is 0. The number of halogens is 4. The first kappa shape index (κ1) is 17.2. The summed E-state index contributed by atoms with van der Waals surface area (Å²) in [6, 6.07) is 11.3. The monoisotopic (exact) mass is 414 g/mol. The van der Waals surface area contributed by atoms with Gasteiger partial charge in [-0.1, -0.05) is 82.8 Å². The summed E-state index contributed by atoms with van der Waals surface area (Å²) < 4.78 is 5.79. The zero-order valence-electron chi connectivity index (χ0n) is 12.4. The first-order valence-electron chi connectivity index (χ1n) is 7.31. The van der Waals surface area contributed by atoms with Crippen molar-refractivity contribution in [2.75, 3.05) is 0 Å². The van der Waals surface area contributed by atoms with Gasteiger partial charge in [0.05, 0.1) is 10.0 Å². The molecule has 0 aromatic heterocycles. The molecule has 0 saturated carbocycles. The molecule has 0 saturated heterocycles. The summed E-state index contributed by atoms with van der Waals surface area (Å²) >= 11 is 24.8. The van der Waals surface area contributed by atoms with Gasteiger partial charge in [-0.05, 0) is 16.3 Å². The molecule has 2 atom stereocenters. The Morgan fingerprint density at radius 1 is 0.800 bits per heavy atom. The fourth-order valence-electron chi connectivity index (χ4n) is 3.19. The number of aliphatic hydroxyl groups excluding tert-OH is 1. The molecule has 3 aromatic rings. The van der Waals surface area contributed by atoms with Crippen molar-refractivity contribution in [3.8, 4) is 5.75 Å². The Morgan fingerprint density at radius 2 is 1.36 bits per heavy atom. The van der Waals surface area contributed by atoms with Crippen LogP contribution in [-0.2, 0) is 4.74 Å². The number of phenols is 1. The molecule has 1 aliphatic rings. The summed E-state index contributed by atoms with van der Waals surface area (Å²) in [5.41, 5.74) is 1.74. The third kappa shape index (κ3) is 2.50. The SMILES string of the molecule is Oc1c(Cl)c(Cl)c([C@@H]2O[C@H](O)c3cccc4cccc2c34)c(Cl)c1Cl. The average molecular weight is 416 g/mol. The molecule has 4 rings (SSSR count). The smallest absolute Gasteiger partial charge is 0.182 e. The van der Waals surface area contributed by atoms with Crippen LogP contribution in [-0.4, -0.2) is 10.2 Å². The third-order valence-electron chi connectivity index (χ3n) is 4.32. The van der Waals surface area contributed by atoms with Crippen molar-refractivity contribution in [1.29, 1.82) is 0 Å². The zero-order valence-corrected chi connectivity index (χ0v) is 15.5. The van der Waals surface area contributed by atoms with Crippen LogP contribution in [0.3, 0.4) is 0 Å². The van der Waals surface area contributed by atoms with E-state index in [9.17, 15) is 10.2 Å². The molecule has 3 nitrogen and oxygen atoms in total. The van der Waals surface area contributed by atoms with Crippen LogP contribution in [0.4, 0.5) is 0 Å². The molecule has 7 heteroatoms. The molecule has 128 valence electrons. The lowest BCUT2D eigenvalue weighted by Gasteiger charge is -2.31. The van der Waals surface area contributed by atoms with E-state index >= 15 is 0 Å². The van der Waals surface area contributed by atoms with Gasteiger partial charge in [0.15, 0.2) is 12.0 Å². The molecule has 2 N–H and O–H groups in total. The van der Waals surface area contributed by atoms with E-state index in [1.54, 1.807) is 6.07 Å². The van der Waals surface area contributed by atoms with Crippen LogP contribution < -0.4 is 0 Å². The Bertz CT molecular complexity index is 985. The van der Waals surface area contributed by atoms with Crippen molar-refractivity contribution in [1.82, 2.24) is 0 Å². The Balaban J connectivity index is 2.06. The summed E-state index contributed by atoms with van der Waals surface area (Å²) in [5.74, 6) is -0.392. The van der Waals surface area contributed by atoms with Crippen molar-refractivity contribution < 1.29 is 14.9 Å². The molecule has 0 amide bonds. The summed E-state index contributed by atoms with van der Waals surface area (Å²) in [6.07, 6.45) is -1.95. The van der Waals surface area contributed by atoms with Gasteiger partial charge in [0.25, 0.3) is 0 Å². The van der Waals surface area contributed by atoms with Gasteiger partial charge in [-0.25, -0.2) is 0 Å². The summed E-state index contributed by atoms with van der Waals surface area (Å²) in [7, 11) is 0. The maximum Gasteiger partial charge on any atom is 0.182 e. The van der Waals surface area contributed by atoms with Crippen LogP contribution in [0.2, 0.25) is 20.1 Å². The fraction of sp³-hybridized carbons (Fsp3) is 0.111. The number of ether oxygens (including phenoxy) is 1. The molecular formula is C18H10Cl4O3. The fourth-order valence-corrected chi connectivity index (χ4v) is 4.25. The topological polar surface area (TPSA) is 49.7 Å². The van der Waals surface area contributed by atoms with E-state index in [1.165, 1.54) is 0 Å². The van der Waals surface area contributed by atoms with Gasteiger partial charge >= 0.3 is 0 Å². The maximum atomic E-state index is 10.5. The number of phenolic OH excluding ortho intramolecular Hbond substituents is 1. The van der Waals surface area contributed by atoms with Gasteiger partial charge in [0.1, 0.15) is 16.1 Å². The molecule has 0 spiro atoms. The largest absolute Gasteiger partial charge is 0.505 e. The van der Waals surface area contributed by atoms with Crippen LogP contribution >= 0.6 is 46.4 Å². The molecule has 0 unspecified atom stereocenters. The summed E-state index contributed by atoms with van der Waals surface area (Å²) in [4.78, 5) is 0. The minimum atomic E-state index is -1.16. The second-order valence-electron chi connectivity index (χ2n) is 5.68. The Morgan fingerprint density at radius 3 is 1.96 bits per heavy atom. The van der Waals surface area contributed by atoms with E-state index in [1.807, 2.05) is 30.3 Å². The van der Waals surface area contributed by atoms with Crippen molar-refractivity contribution in [2.24, 2.45) is 0 Å². The minimum absolute atomic E-state index is 0.0298. The minimum Gasteiger partial charge on any atom is -0.505 e. The highest BCUT2D eigenvalue weighted by molar-refractivity contribution is 6.49. The van der Waals surface area contributed by atoms with Gasteiger partial charge < -0.3 is 14.9 Å². The predicted molar refractivity (Wildman–Crippen MR) is 100.0 cm³/mol. The van der Waals surface area contributed by atoms with Gasteiger partial charge in [0, 0.05) is 11.1 Å². The van der Waals surface area contributed by atoms with Gasteiger partial charge in [-0.3, -0.25) is 0 Å². The Hall–Kier alpha value is -1.20. The van der Waals surface area contributed by atoms with Crippen molar-refractivity contribution in [3.05, 3.63) is 73.2 Å². The van der Waals surface area contributed by atoms with Crippen LogP contribution in [0.25, 0.3) is 10.8 Å². The Kier molecular flexibility index (Phi) is 4.27. The van der Waals surface area contributed by atoms with E-state index in [4.69, 9.17) is 51.1 Å². The lowest BCUT2D eigenvalue weighted by atomic mass is 9.90. The number of hydrogen-bond donors (Lipinski definition) is 2. The van der Waals surface area contributed by atoms with Crippen molar-refractivity contribution in [2.45, 2.75) is 12.4 Å². The molecule has 1 heterocycles. The number of aliphatic hydroxyl groups is 1. The van der Waals surface area contributed by atoms with Crippen molar-refractivity contribution in [3.63, 3.8) is 0 Å². The average Bonchev–Trinajstić information content (AvgIpc) is 2.62. The predicted octanol–water partition coefficient (Wildman–Crippen LogP) is 6.27. The number of benzene rings is 3. The standard InChI is InChI=1S/C18H10Cl4O3/c19-12-11(13(20)15(22)16(23)14(12)21)17-8-5-1-3-7-4-2-6-9(10(7)8)18(24)25-17/h1-6,17-18,23-24H/t17-,18+/m1/s1. The van der Waals surface area contributed by atoms with Gasteiger partial charge in [-0.2, -0.15) is 0 Å². The molecule has 3 aromatic carbocycles. The number of hydrogen-bond acceptors (Lipinski definition) is 3. The molecular weight excluding hydrogens is 406 g/mol. The molecule has 1 aliphatic heterocycles. The molecule has 0 radical (unpaired) electrons. The lowest BCUT2D eigenvalue weighted by molar-refractivity contribution is -0.132. The van der Waals surface area contributed by atoms with E-state index in [-0.39, 0.29) is 20.1 Å². The second kappa shape index (κ2) is 6.20. The second-order valence-corrected chi connectivity index (χ2v) is 7.19. The van der Waals surface area contributed by atoms with Gasteiger partial charge in [0.2, 0.25) is 0 Å². The zero-order chi connectivity index (χ0) is 17.9. The van der Waals surface area contributed by atoms with Gasteiger partial charge in [-0.15, -0.1) is 0 Å². The first-order valence-corrected chi connectivity index (χ1v) is 8.83. The maximum absolute atomic E-state index is 10.5. The summed E-state index contributed by atoms with van der Waals surface area (Å²) in [5, 5.41) is 22.0. The van der Waals surface area contributed by atoms with Crippen LogP contribution in [0.1, 0.15) is 29.1 Å². The van der Waals surface area contributed by atoms with E-state index in [2.05, 4.69) is 0 Å². The third-order valence-corrected chi connectivity index (χ3v) is 6.03. The van der Waals surface area contributed by atoms with E-state index < -0.39 is 18.1 Å². The van der Waals surface area contributed by atoms with Crippen molar-refractivity contribution >= 4 is 57.2 Å². The molecule has 0 fully saturated rings.